The van der Waals surface area contributed by atoms with Crippen LogP contribution in [0.3, 0.4) is 0 Å². The number of thioether (sulfide) groups is 1. The van der Waals surface area contributed by atoms with Gasteiger partial charge < -0.3 is 0 Å². The fourth-order valence-electron chi connectivity index (χ4n) is 5.29. The van der Waals surface area contributed by atoms with Gasteiger partial charge in [0.2, 0.25) is 0 Å². The smallest absolute Gasteiger partial charge is 0.00106 e. The molecule has 0 aliphatic rings. The van der Waals surface area contributed by atoms with E-state index < -0.39 is 0 Å². The molecule has 0 aromatic heterocycles. The average Bonchev–Trinajstić information content (AvgIpc) is 2.63. The molecule has 0 saturated carbocycles. The summed E-state index contributed by atoms with van der Waals surface area (Å²) in [4.78, 5) is 0. The molecule has 0 aromatic rings. The van der Waals surface area contributed by atoms with E-state index in [1.807, 2.05) is 0 Å². The van der Waals surface area contributed by atoms with Gasteiger partial charge in [0.25, 0.3) is 0 Å². The van der Waals surface area contributed by atoms with Crippen molar-refractivity contribution in [2.45, 2.75) is 144 Å². The molecular weight excluding hydrogens is 344 g/mol. The second-order valence-corrected chi connectivity index (χ2v) is 10.4. The van der Waals surface area contributed by atoms with Gasteiger partial charge in [-0.25, -0.2) is 0 Å². The third kappa shape index (κ3) is 11.8. The van der Waals surface area contributed by atoms with Crippen molar-refractivity contribution < 1.29 is 0 Å². The third-order valence-corrected chi connectivity index (χ3v) is 8.19. The van der Waals surface area contributed by atoms with Crippen molar-refractivity contribution in [3.8, 4) is 0 Å². The highest BCUT2D eigenvalue weighted by Gasteiger charge is 2.32. The van der Waals surface area contributed by atoms with Crippen molar-refractivity contribution in [3.05, 3.63) is 0 Å². The lowest BCUT2D eigenvalue weighted by Gasteiger charge is -2.38. The van der Waals surface area contributed by atoms with Gasteiger partial charge in [-0.1, -0.05) is 106 Å². The maximum absolute atomic E-state index is 2.40. The Labute approximate surface area is 178 Å². The van der Waals surface area contributed by atoms with Crippen LogP contribution in [0, 0.1) is 10.8 Å². The van der Waals surface area contributed by atoms with Gasteiger partial charge in [-0.3, -0.25) is 0 Å². The number of rotatable bonds is 20. The highest BCUT2D eigenvalue weighted by Crippen LogP contribution is 2.43. The minimum atomic E-state index is 0.622. The first-order valence-electron chi connectivity index (χ1n) is 12.6. The number of hydrogen-bond acceptors (Lipinski definition) is 1. The monoisotopic (exact) mass is 398 g/mol. The molecule has 0 aromatic carbocycles. The van der Waals surface area contributed by atoms with E-state index in [1.54, 1.807) is 0 Å². The van der Waals surface area contributed by atoms with E-state index in [-0.39, 0.29) is 0 Å². The highest BCUT2D eigenvalue weighted by atomic mass is 32.2. The van der Waals surface area contributed by atoms with Crippen LogP contribution >= 0.6 is 11.8 Å². The molecule has 164 valence electrons. The molecule has 0 unspecified atom stereocenters. The van der Waals surface area contributed by atoms with Gasteiger partial charge in [-0.2, -0.15) is 11.8 Å². The van der Waals surface area contributed by atoms with Crippen LogP contribution in [0.2, 0.25) is 0 Å². The fraction of sp³-hybridized carbons (Fsp3) is 1.00. The molecule has 27 heavy (non-hydrogen) atoms. The van der Waals surface area contributed by atoms with Gasteiger partial charge >= 0.3 is 0 Å². The first-order valence-corrected chi connectivity index (χ1v) is 13.8. The van der Waals surface area contributed by atoms with Gasteiger partial charge in [-0.05, 0) is 60.9 Å². The zero-order chi connectivity index (χ0) is 20.4. The Morgan fingerprint density at radius 3 is 1.00 bits per heavy atom. The molecule has 0 radical (unpaired) electrons. The van der Waals surface area contributed by atoms with Gasteiger partial charge in [0, 0.05) is 0 Å². The summed E-state index contributed by atoms with van der Waals surface area (Å²) in [5.41, 5.74) is 1.24. The Bertz CT molecular complexity index is 267. The Balaban J connectivity index is 4.97. The van der Waals surface area contributed by atoms with Crippen molar-refractivity contribution in [2.75, 3.05) is 11.5 Å². The van der Waals surface area contributed by atoms with Crippen molar-refractivity contribution in [3.63, 3.8) is 0 Å². The highest BCUT2D eigenvalue weighted by molar-refractivity contribution is 7.99. The Hall–Kier alpha value is 0.350. The van der Waals surface area contributed by atoms with Crippen LogP contribution in [0.15, 0.2) is 0 Å². The lowest BCUT2D eigenvalue weighted by Crippen LogP contribution is -2.28. The second kappa shape index (κ2) is 17.2. The fourth-order valence-corrected chi connectivity index (χ4v) is 7.12. The maximum Gasteiger partial charge on any atom is -0.00106 e. The normalized spacial score (nSPS) is 12.7. The van der Waals surface area contributed by atoms with Gasteiger partial charge in [0.15, 0.2) is 0 Å². The van der Waals surface area contributed by atoms with Crippen molar-refractivity contribution >= 4 is 11.8 Å². The third-order valence-electron chi connectivity index (χ3n) is 6.56. The molecule has 0 saturated heterocycles. The summed E-state index contributed by atoms with van der Waals surface area (Å²) in [6.07, 6.45) is 22.6. The molecule has 0 fully saturated rings. The van der Waals surface area contributed by atoms with E-state index in [2.05, 4.69) is 53.3 Å². The second-order valence-electron chi connectivity index (χ2n) is 9.41. The standard InChI is InChI=1S/C26H54S/c1-7-13-15-21-25(17-9-3,18-10-4)23-27-24-26(19-11-5,20-12-6)22-16-14-8-2/h7-24H2,1-6H3. The lowest BCUT2D eigenvalue weighted by atomic mass is 9.76. The summed E-state index contributed by atoms with van der Waals surface area (Å²) in [5, 5.41) is 0. The molecule has 0 spiro atoms. The number of hydrogen-bond donors (Lipinski definition) is 0. The van der Waals surface area contributed by atoms with Crippen LogP contribution in [0.1, 0.15) is 144 Å². The minimum absolute atomic E-state index is 0.622. The summed E-state index contributed by atoms with van der Waals surface area (Å²) in [5.74, 6) is 2.84. The largest absolute Gasteiger partial charge is 0.161 e. The van der Waals surface area contributed by atoms with Crippen LogP contribution < -0.4 is 0 Å². The van der Waals surface area contributed by atoms with E-state index >= 15 is 0 Å². The Morgan fingerprint density at radius 2 is 0.741 bits per heavy atom. The van der Waals surface area contributed by atoms with Crippen LogP contribution in [0.25, 0.3) is 0 Å². The van der Waals surface area contributed by atoms with Crippen molar-refractivity contribution in [1.29, 1.82) is 0 Å². The van der Waals surface area contributed by atoms with Crippen LogP contribution in [0.4, 0.5) is 0 Å². The van der Waals surface area contributed by atoms with E-state index in [4.69, 9.17) is 0 Å². The molecule has 0 amide bonds. The quantitative estimate of drug-likeness (QED) is 0.184. The molecule has 0 bridgehead atoms. The van der Waals surface area contributed by atoms with E-state index in [0.717, 1.165) is 0 Å². The molecular formula is C26H54S. The predicted octanol–water partition coefficient (Wildman–Crippen LogP) is 10.1. The SMILES string of the molecule is CCCCCC(CCC)(CCC)CSCC(CCC)(CCC)CCCCC. The van der Waals surface area contributed by atoms with Gasteiger partial charge in [0.1, 0.15) is 0 Å². The topological polar surface area (TPSA) is 0 Å². The summed E-state index contributed by atoms with van der Waals surface area (Å²) < 4.78 is 0. The summed E-state index contributed by atoms with van der Waals surface area (Å²) in [6.45, 7) is 14.3. The van der Waals surface area contributed by atoms with Crippen LogP contribution in [-0.2, 0) is 0 Å². The van der Waals surface area contributed by atoms with E-state index in [1.165, 1.54) is 114 Å². The first kappa shape index (κ1) is 27.4. The van der Waals surface area contributed by atoms with E-state index in [9.17, 15) is 0 Å². The molecule has 0 atom stereocenters. The molecule has 0 aliphatic heterocycles. The Morgan fingerprint density at radius 1 is 0.407 bits per heavy atom. The molecule has 1 heteroatoms. The summed E-state index contributed by atoms with van der Waals surface area (Å²) in [7, 11) is 0. The summed E-state index contributed by atoms with van der Waals surface area (Å²) >= 11 is 2.34. The summed E-state index contributed by atoms with van der Waals surface area (Å²) in [6, 6.07) is 0. The predicted molar refractivity (Wildman–Crippen MR) is 130 cm³/mol. The molecule has 0 aliphatic carbocycles. The molecule has 0 heterocycles. The van der Waals surface area contributed by atoms with E-state index in [0.29, 0.717) is 10.8 Å². The van der Waals surface area contributed by atoms with Gasteiger partial charge in [-0.15, -0.1) is 0 Å². The van der Waals surface area contributed by atoms with Crippen LogP contribution in [-0.4, -0.2) is 11.5 Å². The number of unbranched alkanes of at least 4 members (excludes halogenated alkanes) is 4. The average molecular weight is 399 g/mol. The van der Waals surface area contributed by atoms with Crippen LogP contribution in [0.5, 0.6) is 0 Å². The lowest BCUT2D eigenvalue weighted by molar-refractivity contribution is 0.234. The zero-order valence-corrected chi connectivity index (χ0v) is 21.0. The first-order chi connectivity index (χ1) is 13.1. The zero-order valence-electron chi connectivity index (χ0n) is 20.1. The molecule has 0 nitrogen and oxygen atoms in total. The van der Waals surface area contributed by atoms with Crippen molar-refractivity contribution in [2.24, 2.45) is 10.8 Å². The minimum Gasteiger partial charge on any atom is -0.161 e. The maximum atomic E-state index is 2.40. The molecule has 0 N–H and O–H groups in total. The Kier molecular flexibility index (Phi) is 17.5. The molecule has 0 rings (SSSR count). The van der Waals surface area contributed by atoms with Crippen molar-refractivity contribution in [1.82, 2.24) is 0 Å². The van der Waals surface area contributed by atoms with Gasteiger partial charge in [0.05, 0.1) is 0 Å².